The van der Waals surface area contributed by atoms with Crippen LogP contribution in [0.1, 0.15) is 11.1 Å². The predicted octanol–water partition coefficient (Wildman–Crippen LogP) is 5.79. The van der Waals surface area contributed by atoms with Gasteiger partial charge < -0.3 is 4.74 Å². The third-order valence-electron chi connectivity index (χ3n) is 5.45. The highest BCUT2D eigenvalue weighted by Crippen LogP contribution is 2.28. The Hall–Kier alpha value is -4.41. The number of anilines is 1. The lowest BCUT2D eigenvalue weighted by Crippen LogP contribution is -2.32. The molecule has 0 atom stereocenters. The van der Waals surface area contributed by atoms with Gasteiger partial charge in [0.1, 0.15) is 17.4 Å². The monoisotopic (exact) mass is 585 g/mol. The lowest BCUT2D eigenvalue weighted by Gasteiger charge is -2.12. The lowest BCUT2D eigenvalue weighted by molar-refractivity contribution is -0.136. The maximum atomic E-state index is 12.4. The molecule has 188 valence electrons. The molecule has 4 aromatic carbocycles. The van der Waals surface area contributed by atoms with Gasteiger partial charge >= 0.3 is 11.8 Å². The number of carbonyl (C=O) groups is 2. The van der Waals surface area contributed by atoms with E-state index in [1.807, 2.05) is 91.0 Å². The zero-order valence-corrected chi connectivity index (χ0v) is 22.2. The molecular formula is C28H20BrN5O3S. The van der Waals surface area contributed by atoms with Crippen LogP contribution in [0.4, 0.5) is 5.13 Å². The summed E-state index contributed by atoms with van der Waals surface area (Å²) in [6, 6.07) is 28.9. The van der Waals surface area contributed by atoms with Gasteiger partial charge in [-0.1, -0.05) is 100 Å². The highest BCUT2D eigenvalue weighted by Gasteiger charge is 2.16. The van der Waals surface area contributed by atoms with Crippen molar-refractivity contribution in [3.8, 4) is 16.3 Å². The molecule has 0 radical (unpaired) electrons. The van der Waals surface area contributed by atoms with E-state index in [-0.39, 0.29) is 5.13 Å². The van der Waals surface area contributed by atoms with Gasteiger partial charge in [0.05, 0.1) is 6.21 Å². The average Bonchev–Trinajstić information content (AvgIpc) is 3.41. The first-order chi connectivity index (χ1) is 18.6. The van der Waals surface area contributed by atoms with Crippen molar-refractivity contribution in [3.63, 3.8) is 0 Å². The van der Waals surface area contributed by atoms with Gasteiger partial charge in [-0.15, -0.1) is 10.2 Å². The van der Waals surface area contributed by atoms with E-state index in [2.05, 4.69) is 42.0 Å². The van der Waals surface area contributed by atoms with Crippen LogP contribution in [-0.2, 0) is 16.2 Å². The van der Waals surface area contributed by atoms with E-state index in [4.69, 9.17) is 4.74 Å². The van der Waals surface area contributed by atoms with E-state index in [9.17, 15) is 9.59 Å². The number of rotatable bonds is 7. The number of hydrazone groups is 1. The number of nitrogens with one attached hydrogen (secondary N) is 2. The van der Waals surface area contributed by atoms with Gasteiger partial charge in [-0.3, -0.25) is 14.9 Å². The SMILES string of the molecule is O=C(N/N=C\c1c(OCc2cccc(Br)c2)ccc2ccccc12)C(=O)Nc1nnc(-c2ccccc2)s1. The molecule has 5 aromatic rings. The number of hydrogen-bond donors (Lipinski definition) is 2. The van der Waals surface area contributed by atoms with Crippen molar-refractivity contribution < 1.29 is 14.3 Å². The Morgan fingerprint density at radius 3 is 2.58 bits per heavy atom. The van der Waals surface area contributed by atoms with Crippen molar-refractivity contribution in [3.05, 3.63) is 107 Å². The number of hydrogen-bond acceptors (Lipinski definition) is 7. The Morgan fingerprint density at radius 1 is 0.921 bits per heavy atom. The average molecular weight is 586 g/mol. The summed E-state index contributed by atoms with van der Waals surface area (Å²) in [5.74, 6) is -1.25. The number of nitrogens with zero attached hydrogens (tertiary/aromatic N) is 3. The van der Waals surface area contributed by atoms with Crippen LogP contribution in [-0.4, -0.2) is 28.2 Å². The molecule has 1 aromatic heterocycles. The van der Waals surface area contributed by atoms with Crippen molar-refractivity contribution in [2.75, 3.05) is 5.32 Å². The van der Waals surface area contributed by atoms with E-state index in [0.29, 0.717) is 22.9 Å². The van der Waals surface area contributed by atoms with Crippen LogP contribution in [0.5, 0.6) is 5.75 Å². The van der Waals surface area contributed by atoms with E-state index in [1.54, 1.807) is 0 Å². The van der Waals surface area contributed by atoms with Gasteiger partial charge in [-0.05, 0) is 34.5 Å². The number of carbonyl (C=O) groups excluding carboxylic acids is 2. The van der Waals surface area contributed by atoms with Gasteiger partial charge in [-0.2, -0.15) is 5.10 Å². The maximum Gasteiger partial charge on any atom is 0.329 e. The fourth-order valence-corrected chi connectivity index (χ4v) is 4.84. The standard InChI is InChI=1S/C28H20BrN5O3S/c29-21-11-6-7-18(15-21)17-37-24-14-13-19-8-4-5-12-22(19)23(24)16-30-32-26(36)25(35)31-28-34-33-27(38-28)20-9-2-1-3-10-20/h1-16H,17H2,(H,32,36)(H,31,34,35)/b30-16-. The van der Waals surface area contributed by atoms with Crippen LogP contribution in [0.15, 0.2) is 101 Å². The highest BCUT2D eigenvalue weighted by molar-refractivity contribution is 9.10. The molecule has 0 bridgehead atoms. The maximum absolute atomic E-state index is 12.4. The van der Waals surface area contributed by atoms with Crippen LogP contribution in [0.2, 0.25) is 0 Å². The first-order valence-electron chi connectivity index (χ1n) is 11.5. The normalized spacial score (nSPS) is 11.0. The van der Waals surface area contributed by atoms with Crippen LogP contribution >= 0.6 is 27.3 Å². The summed E-state index contributed by atoms with van der Waals surface area (Å²) in [6.07, 6.45) is 1.47. The number of amides is 2. The molecule has 2 amide bonds. The Kier molecular flexibility index (Phi) is 7.81. The van der Waals surface area contributed by atoms with Crippen LogP contribution < -0.4 is 15.5 Å². The molecule has 0 unspecified atom stereocenters. The number of aromatic nitrogens is 2. The van der Waals surface area contributed by atoms with Crippen LogP contribution in [0, 0.1) is 0 Å². The molecule has 38 heavy (non-hydrogen) atoms. The number of benzene rings is 4. The molecule has 8 nitrogen and oxygen atoms in total. The van der Waals surface area contributed by atoms with E-state index < -0.39 is 11.8 Å². The van der Waals surface area contributed by atoms with Gasteiger partial charge in [0.15, 0.2) is 0 Å². The molecule has 1 heterocycles. The Balaban J connectivity index is 1.27. The Bertz CT molecular complexity index is 1640. The summed E-state index contributed by atoms with van der Waals surface area (Å²) >= 11 is 4.64. The van der Waals surface area contributed by atoms with Crippen LogP contribution in [0.3, 0.4) is 0 Å². The predicted molar refractivity (Wildman–Crippen MR) is 152 cm³/mol. The lowest BCUT2D eigenvalue weighted by atomic mass is 10.0. The number of halogens is 1. The molecule has 5 rings (SSSR count). The fraction of sp³-hybridized carbons (Fsp3) is 0.0357. The summed E-state index contributed by atoms with van der Waals surface area (Å²) in [7, 11) is 0. The van der Waals surface area contributed by atoms with Crippen molar-refractivity contribution in [1.82, 2.24) is 15.6 Å². The molecule has 0 aliphatic rings. The Labute approximate surface area is 230 Å². The van der Waals surface area contributed by atoms with Crippen LogP contribution in [0.25, 0.3) is 21.3 Å². The molecule has 0 spiro atoms. The topological polar surface area (TPSA) is 106 Å². The first kappa shape index (κ1) is 25.2. The Morgan fingerprint density at radius 2 is 1.74 bits per heavy atom. The molecule has 0 aliphatic heterocycles. The number of fused-ring (bicyclic) bond motifs is 1. The number of ether oxygens (including phenoxy) is 1. The fourth-order valence-electron chi connectivity index (χ4n) is 3.65. The molecular weight excluding hydrogens is 566 g/mol. The summed E-state index contributed by atoms with van der Waals surface area (Å²) in [5, 5.41) is 17.2. The first-order valence-corrected chi connectivity index (χ1v) is 13.1. The molecule has 2 N–H and O–H groups in total. The van der Waals surface area contributed by atoms with Crippen molar-refractivity contribution >= 4 is 61.2 Å². The van der Waals surface area contributed by atoms with Crippen molar-refractivity contribution in [1.29, 1.82) is 0 Å². The van der Waals surface area contributed by atoms with Gasteiger partial charge in [0.25, 0.3) is 0 Å². The van der Waals surface area contributed by atoms with Gasteiger partial charge in [-0.25, -0.2) is 5.43 Å². The minimum atomic E-state index is -0.936. The second-order valence-corrected chi connectivity index (χ2v) is 9.94. The van der Waals surface area contributed by atoms with E-state index in [0.717, 1.165) is 26.4 Å². The molecule has 0 aliphatic carbocycles. The third-order valence-corrected chi connectivity index (χ3v) is 6.83. The minimum absolute atomic E-state index is 0.213. The van der Waals surface area contributed by atoms with Crippen molar-refractivity contribution in [2.24, 2.45) is 5.10 Å². The zero-order chi connectivity index (χ0) is 26.3. The highest BCUT2D eigenvalue weighted by atomic mass is 79.9. The molecule has 0 saturated heterocycles. The quantitative estimate of drug-likeness (QED) is 0.143. The second kappa shape index (κ2) is 11.8. The zero-order valence-electron chi connectivity index (χ0n) is 19.8. The molecule has 10 heteroatoms. The third kappa shape index (κ3) is 6.10. The summed E-state index contributed by atoms with van der Waals surface area (Å²) in [6.45, 7) is 0.347. The summed E-state index contributed by atoms with van der Waals surface area (Å²) < 4.78 is 7.05. The van der Waals surface area contributed by atoms with E-state index >= 15 is 0 Å². The van der Waals surface area contributed by atoms with E-state index in [1.165, 1.54) is 17.6 Å². The second-order valence-electron chi connectivity index (χ2n) is 8.05. The van der Waals surface area contributed by atoms with Gasteiger partial charge in [0.2, 0.25) is 5.13 Å². The molecule has 0 saturated carbocycles. The largest absolute Gasteiger partial charge is 0.488 e. The van der Waals surface area contributed by atoms with Crippen molar-refractivity contribution in [2.45, 2.75) is 6.61 Å². The molecule has 0 fully saturated rings. The summed E-state index contributed by atoms with van der Waals surface area (Å²) in [4.78, 5) is 24.8. The smallest absolute Gasteiger partial charge is 0.329 e. The minimum Gasteiger partial charge on any atom is -0.488 e. The van der Waals surface area contributed by atoms with Gasteiger partial charge in [0, 0.05) is 15.6 Å². The summed E-state index contributed by atoms with van der Waals surface area (Å²) in [5.41, 5.74) is 4.81.